The van der Waals surface area contributed by atoms with Crippen molar-refractivity contribution in [3.63, 3.8) is 0 Å². The van der Waals surface area contributed by atoms with E-state index in [1.165, 1.54) is 24.4 Å². The molecule has 0 saturated carbocycles. The van der Waals surface area contributed by atoms with Gasteiger partial charge >= 0.3 is 6.36 Å². The normalized spacial score (nSPS) is 11.1. The van der Waals surface area contributed by atoms with Crippen LogP contribution in [0.3, 0.4) is 0 Å². The summed E-state index contributed by atoms with van der Waals surface area (Å²) in [5.74, 6) is 0.0543. The quantitative estimate of drug-likeness (QED) is 0.897. The van der Waals surface area contributed by atoms with Crippen LogP contribution in [0.5, 0.6) is 5.75 Å². The number of aromatic nitrogens is 1. The van der Waals surface area contributed by atoms with Gasteiger partial charge in [-0.15, -0.1) is 13.2 Å². The van der Waals surface area contributed by atoms with Gasteiger partial charge in [0.05, 0.1) is 5.69 Å². The molecule has 2 aromatic rings. The molecule has 4 nitrogen and oxygen atoms in total. The van der Waals surface area contributed by atoms with Crippen LogP contribution in [0.4, 0.5) is 30.4 Å². The van der Waals surface area contributed by atoms with E-state index < -0.39 is 6.36 Å². The highest BCUT2D eigenvalue weighted by Gasteiger charge is 2.31. The fourth-order valence-corrected chi connectivity index (χ4v) is 1.43. The zero-order valence-electron chi connectivity index (χ0n) is 9.61. The lowest BCUT2D eigenvalue weighted by Crippen LogP contribution is -2.17. The van der Waals surface area contributed by atoms with Crippen LogP contribution in [0.15, 0.2) is 42.6 Å². The Labute approximate surface area is 107 Å². The maximum atomic E-state index is 12.1. The highest BCUT2D eigenvalue weighted by molar-refractivity contribution is 5.68. The Morgan fingerprint density at radius 1 is 1.16 bits per heavy atom. The first-order chi connectivity index (χ1) is 8.94. The molecule has 7 heteroatoms. The minimum Gasteiger partial charge on any atom is -0.406 e. The fourth-order valence-electron chi connectivity index (χ4n) is 1.43. The van der Waals surface area contributed by atoms with E-state index in [2.05, 4.69) is 15.0 Å². The summed E-state index contributed by atoms with van der Waals surface area (Å²) in [7, 11) is 0. The second-order valence-electron chi connectivity index (χ2n) is 3.64. The summed E-state index contributed by atoms with van der Waals surface area (Å²) < 4.78 is 40.1. The summed E-state index contributed by atoms with van der Waals surface area (Å²) in [6.45, 7) is 0. The van der Waals surface area contributed by atoms with Gasteiger partial charge in [0, 0.05) is 18.0 Å². The SMILES string of the molecule is Nc1cccnc1Nc1cccc(OC(F)(F)F)c1. The average Bonchev–Trinajstić information content (AvgIpc) is 2.30. The van der Waals surface area contributed by atoms with Crippen molar-refractivity contribution in [1.82, 2.24) is 4.98 Å². The van der Waals surface area contributed by atoms with Gasteiger partial charge in [-0.25, -0.2) is 4.98 Å². The number of nitrogens with two attached hydrogens (primary N) is 1. The van der Waals surface area contributed by atoms with Crippen LogP contribution in [0.25, 0.3) is 0 Å². The third-order valence-electron chi connectivity index (χ3n) is 2.17. The molecule has 0 bridgehead atoms. The Morgan fingerprint density at radius 2 is 1.95 bits per heavy atom. The first-order valence-corrected chi connectivity index (χ1v) is 5.27. The monoisotopic (exact) mass is 269 g/mol. The second-order valence-corrected chi connectivity index (χ2v) is 3.64. The third-order valence-corrected chi connectivity index (χ3v) is 2.17. The van der Waals surface area contributed by atoms with Crippen LogP contribution in [-0.2, 0) is 0 Å². The van der Waals surface area contributed by atoms with Crippen molar-refractivity contribution in [3.05, 3.63) is 42.6 Å². The van der Waals surface area contributed by atoms with Crippen LogP contribution >= 0.6 is 0 Å². The highest BCUT2D eigenvalue weighted by atomic mass is 19.4. The fraction of sp³-hybridized carbons (Fsp3) is 0.0833. The van der Waals surface area contributed by atoms with Crippen molar-refractivity contribution in [3.8, 4) is 5.75 Å². The largest absolute Gasteiger partial charge is 0.573 e. The molecule has 2 rings (SSSR count). The van der Waals surface area contributed by atoms with Crippen molar-refractivity contribution >= 4 is 17.2 Å². The lowest BCUT2D eigenvalue weighted by molar-refractivity contribution is -0.274. The van der Waals surface area contributed by atoms with Crippen molar-refractivity contribution in [1.29, 1.82) is 0 Å². The van der Waals surface area contributed by atoms with Crippen LogP contribution in [0.2, 0.25) is 0 Å². The zero-order chi connectivity index (χ0) is 13.9. The molecule has 100 valence electrons. The number of nitrogens with one attached hydrogen (secondary N) is 1. The molecule has 0 unspecified atom stereocenters. The molecule has 1 heterocycles. The number of pyridine rings is 1. The van der Waals surface area contributed by atoms with Gasteiger partial charge in [0.2, 0.25) is 0 Å². The summed E-state index contributed by atoms with van der Waals surface area (Å²) in [4.78, 5) is 3.98. The molecule has 0 aliphatic carbocycles. The number of benzene rings is 1. The first kappa shape index (κ1) is 13.0. The number of hydrogen-bond donors (Lipinski definition) is 2. The molecule has 0 aliphatic heterocycles. The number of anilines is 3. The lowest BCUT2D eigenvalue weighted by atomic mass is 10.3. The number of halogens is 3. The molecule has 19 heavy (non-hydrogen) atoms. The summed E-state index contributed by atoms with van der Waals surface area (Å²) in [6.07, 6.45) is -3.20. The minimum absolute atomic E-state index is 0.313. The molecule has 0 saturated heterocycles. The van der Waals surface area contributed by atoms with Gasteiger partial charge in [0.25, 0.3) is 0 Å². The van der Waals surface area contributed by atoms with Crippen molar-refractivity contribution < 1.29 is 17.9 Å². The number of nitrogen functional groups attached to an aromatic ring is 1. The zero-order valence-corrected chi connectivity index (χ0v) is 9.61. The Morgan fingerprint density at radius 3 is 2.63 bits per heavy atom. The Hall–Kier alpha value is -2.44. The van der Waals surface area contributed by atoms with E-state index in [0.29, 0.717) is 17.2 Å². The van der Waals surface area contributed by atoms with Crippen molar-refractivity contribution in [2.24, 2.45) is 0 Å². The molecule has 1 aromatic carbocycles. The van der Waals surface area contributed by atoms with E-state index >= 15 is 0 Å². The Kier molecular flexibility index (Phi) is 3.46. The van der Waals surface area contributed by atoms with E-state index in [0.717, 1.165) is 0 Å². The van der Waals surface area contributed by atoms with E-state index in [-0.39, 0.29) is 5.75 Å². The maximum absolute atomic E-state index is 12.1. The summed E-state index contributed by atoms with van der Waals surface area (Å²) >= 11 is 0. The predicted molar refractivity (Wildman–Crippen MR) is 65.1 cm³/mol. The summed E-state index contributed by atoms with van der Waals surface area (Å²) in [6, 6.07) is 8.72. The van der Waals surface area contributed by atoms with Gasteiger partial charge < -0.3 is 15.8 Å². The molecule has 0 spiro atoms. The average molecular weight is 269 g/mol. The summed E-state index contributed by atoms with van der Waals surface area (Å²) in [5.41, 5.74) is 6.46. The van der Waals surface area contributed by atoms with Crippen molar-refractivity contribution in [2.45, 2.75) is 6.36 Å². The Bertz CT molecular complexity index is 572. The molecule has 0 fully saturated rings. The molecule has 0 aliphatic rings. The lowest BCUT2D eigenvalue weighted by Gasteiger charge is -2.11. The molecule has 1 aromatic heterocycles. The number of hydrogen-bond acceptors (Lipinski definition) is 4. The first-order valence-electron chi connectivity index (χ1n) is 5.27. The molecular formula is C12H10F3N3O. The van der Waals surface area contributed by atoms with Gasteiger partial charge in [0.15, 0.2) is 5.82 Å². The predicted octanol–water partition coefficient (Wildman–Crippen LogP) is 3.31. The van der Waals surface area contributed by atoms with Gasteiger partial charge in [0.1, 0.15) is 5.75 Å². The van der Waals surface area contributed by atoms with E-state index in [1.54, 1.807) is 18.2 Å². The standard InChI is InChI=1S/C12H10F3N3O/c13-12(14,15)19-9-4-1-3-8(7-9)18-11-10(16)5-2-6-17-11/h1-7H,16H2,(H,17,18). The molecule has 0 amide bonds. The highest BCUT2D eigenvalue weighted by Crippen LogP contribution is 2.27. The molecule has 3 N–H and O–H groups in total. The number of ether oxygens (including phenoxy) is 1. The molecule has 0 atom stereocenters. The minimum atomic E-state index is -4.72. The van der Waals surface area contributed by atoms with Crippen LogP contribution < -0.4 is 15.8 Å². The second kappa shape index (κ2) is 5.05. The summed E-state index contributed by atoms with van der Waals surface area (Å²) in [5, 5.41) is 2.81. The van der Waals surface area contributed by atoms with Crippen LogP contribution in [-0.4, -0.2) is 11.3 Å². The number of alkyl halides is 3. The maximum Gasteiger partial charge on any atom is 0.573 e. The van der Waals surface area contributed by atoms with E-state index in [1.807, 2.05) is 0 Å². The molecule has 0 radical (unpaired) electrons. The molecular weight excluding hydrogens is 259 g/mol. The van der Waals surface area contributed by atoms with Crippen LogP contribution in [0, 0.1) is 0 Å². The van der Waals surface area contributed by atoms with Gasteiger partial charge in [-0.1, -0.05) is 6.07 Å². The smallest absolute Gasteiger partial charge is 0.406 e. The van der Waals surface area contributed by atoms with Crippen LogP contribution in [0.1, 0.15) is 0 Å². The van der Waals surface area contributed by atoms with E-state index in [9.17, 15) is 13.2 Å². The van der Waals surface area contributed by atoms with E-state index in [4.69, 9.17) is 5.73 Å². The van der Waals surface area contributed by atoms with Gasteiger partial charge in [-0.2, -0.15) is 0 Å². The van der Waals surface area contributed by atoms with Gasteiger partial charge in [-0.05, 0) is 24.3 Å². The number of rotatable bonds is 3. The Balaban J connectivity index is 2.18. The third kappa shape index (κ3) is 3.77. The topological polar surface area (TPSA) is 60.2 Å². The van der Waals surface area contributed by atoms with Gasteiger partial charge in [-0.3, -0.25) is 0 Å². The van der Waals surface area contributed by atoms with Crippen molar-refractivity contribution in [2.75, 3.05) is 11.1 Å². The number of nitrogens with zero attached hydrogens (tertiary/aromatic N) is 1.